The molecule has 3 nitrogen and oxygen atoms in total. The van der Waals surface area contributed by atoms with Crippen molar-refractivity contribution in [3.8, 4) is 11.1 Å². The fourth-order valence-corrected chi connectivity index (χ4v) is 3.73. The number of ether oxygens (including phenoxy) is 3. The average Bonchev–Trinajstić information content (AvgIpc) is 2.78. The van der Waals surface area contributed by atoms with Crippen molar-refractivity contribution < 1.29 is 23.0 Å². The summed E-state index contributed by atoms with van der Waals surface area (Å²) in [7, 11) is 0. The van der Waals surface area contributed by atoms with Crippen LogP contribution in [0.1, 0.15) is 83.8 Å². The summed E-state index contributed by atoms with van der Waals surface area (Å²) in [4.78, 5) is 0. The minimum absolute atomic E-state index is 0.180. The van der Waals surface area contributed by atoms with Gasteiger partial charge < -0.3 is 14.2 Å². The quantitative estimate of drug-likeness (QED) is 0.191. The summed E-state index contributed by atoms with van der Waals surface area (Å²) in [6.45, 7) is 6.33. The van der Waals surface area contributed by atoms with E-state index in [-0.39, 0.29) is 6.10 Å². The van der Waals surface area contributed by atoms with Crippen LogP contribution in [0.25, 0.3) is 11.1 Å². The van der Waals surface area contributed by atoms with E-state index in [4.69, 9.17) is 14.2 Å². The van der Waals surface area contributed by atoms with Gasteiger partial charge in [0, 0.05) is 24.8 Å². The predicted molar refractivity (Wildman–Crippen MR) is 125 cm³/mol. The fourth-order valence-electron chi connectivity index (χ4n) is 3.73. The molecule has 0 aliphatic carbocycles. The van der Waals surface area contributed by atoms with Crippen molar-refractivity contribution in [1.82, 2.24) is 0 Å². The molecule has 0 saturated heterocycles. The molecule has 0 N–H and O–H groups in total. The Morgan fingerprint density at radius 1 is 0.750 bits per heavy atom. The van der Waals surface area contributed by atoms with Crippen LogP contribution in [0.3, 0.4) is 0 Å². The number of hydrogen-bond acceptors (Lipinski definition) is 3. The zero-order valence-corrected chi connectivity index (χ0v) is 19.7. The molecule has 0 aromatic heterocycles. The second-order valence-corrected chi connectivity index (χ2v) is 7.98. The van der Waals surface area contributed by atoms with Crippen LogP contribution in [0.15, 0.2) is 42.5 Å². The van der Waals surface area contributed by atoms with Gasteiger partial charge in [-0.15, -0.1) is 0 Å². The molecule has 0 radical (unpaired) electrons. The van der Waals surface area contributed by atoms with Gasteiger partial charge in [0.1, 0.15) is 11.6 Å². The highest BCUT2D eigenvalue weighted by Gasteiger charge is 2.19. The SMILES string of the molecule is CCCCCCCCCC(OC(OCC)OCC)c1ccc(-c2ccc(F)cc2F)cc1. The van der Waals surface area contributed by atoms with Crippen LogP contribution < -0.4 is 0 Å². The normalized spacial score (nSPS) is 12.4. The van der Waals surface area contributed by atoms with Crippen LogP contribution in [0, 0.1) is 11.6 Å². The summed E-state index contributed by atoms with van der Waals surface area (Å²) in [6.07, 6.45) is 9.26. The van der Waals surface area contributed by atoms with Crippen LogP contribution >= 0.6 is 0 Å². The Balaban J connectivity index is 2.07. The topological polar surface area (TPSA) is 27.7 Å². The fraction of sp³-hybridized carbons (Fsp3) is 0.556. The Bertz CT molecular complexity index is 758. The molecule has 2 aromatic carbocycles. The highest BCUT2D eigenvalue weighted by Crippen LogP contribution is 2.30. The van der Waals surface area contributed by atoms with Crippen LogP contribution in [-0.4, -0.2) is 19.7 Å². The lowest BCUT2D eigenvalue weighted by Crippen LogP contribution is -2.24. The van der Waals surface area contributed by atoms with E-state index < -0.39 is 18.1 Å². The second-order valence-electron chi connectivity index (χ2n) is 7.98. The molecule has 1 atom stereocenters. The summed E-state index contributed by atoms with van der Waals surface area (Å²) in [5.74, 6) is -1.15. The maximum absolute atomic E-state index is 14.2. The van der Waals surface area contributed by atoms with E-state index in [1.165, 1.54) is 44.2 Å². The summed E-state index contributed by atoms with van der Waals surface area (Å²) >= 11 is 0. The molecule has 0 fully saturated rings. The van der Waals surface area contributed by atoms with Crippen LogP contribution in [0.2, 0.25) is 0 Å². The van der Waals surface area contributed by atoms with Gasteiger partial charge in [-0.2, -0.15) is 0 Å². The number of unbranched alkanes of at least 4 members (excludes halogenated alkanes) is 6. The molecule has 32 heavy (non-hydrogen) atoms. The van der Waals surface area contributed by atoms with E-state index in [9.17, 15) is 8.78 Å². The first kappa shape index (κ1) is 26.4. The highest BCUT2D eigenvalue weighted by molar-refractivity contribution is 5.64. The first-order valence-electron chi connectivity index (χ1n) is 12.0. The van der Waals surface area contributed by atoms with Gasteiger partial charge in [0.15, 0.2) is 0 Å². The van der Waals surface area contributed by atoms with Crippen LogP contribution in [-0.2, 0) is 14.2 Å². The predicted octanol–water partition coefficient (Wildman–Crippen LogP) is 8.19. The third kappa shape index (κ3) is 8.97. The maximum Gasteiger partial charge on any atom is 0.272 e. The second kappa shape index (κ2) is 15.1. The first-order chi connectivity index (χ1) is 15.6. The van der Waals surface area contributed by atoms with Gasteiger partial charge in [-0.1, -0.05) is 76.1 Å². The molecule has 2 rings (SSSR count). The summed E-state index contributed by atoms with van der Waals surface area (Å²) in [6, 6.07) is 11.2. The van der Waals surface area contributed by atoms with Gasteiger partial charge >= 0.3 is 0 Å². The Morgan fingerprint density at radius 2 is 1.38 bits per heavy atom. The maximum atomic E-state index is 14.2. The Morgan fingerprint density at radius 3 is 1.97 bits per heavy atom. The van der Waals surface area contributed by atoms with Gasteiger partial charge in [-0.3, -0.25) is 0 Å². The van der Waals surface area contributed by atoms with Crippen LogP contribution in [0.4, 0.5) is 8.78 Å². The van der Waals surface area contributed by atoms with Crippen molar-refractivity contribution in [1.29, 1.82) is 0 Å². The lowest BCUT2D eigenvalue weighted by atomic mass is 9.98. The minimum atomic E-state index is -0.714. The van der Waals surface area contributed by atoms with Gasteiger partial charge in [-0.05, 0) is 43.5 Å². The smallest absolute Gasteiger partial charge is 0.272 e. The van der Waals surface area contributed by atoms with E-state index in [2.05, 4.69) is 6.92 Å². The molecule has 178 valence electrons. The lowest BCUT2D eigenvalue weighted by Gasteiger charge is -2.25. The number of rotatable bonds is 16. The monoisotopic (exact) mass is 448 g/mol. The zero-order valence-electron chi connectivity index (χ0n) is 19.7. The molecular weight excluding hydrogens is 410 g/mol. The lowest BCUT2D eigenvalue weighted by molar-refractivity contribution is -0.304. The standard InChI is InChI=1S/C27H38F2O3/c1-4-7-8-9-10-11-12-13-26(32-27(30-5-2)31-6-3)22-16-14-21(15-17-22)24-19-18-23(28)20-25(24)29/h14-20,26-27H,4-13H2,1-3H3. The van der Waals surface area contributed by atoms with Crippen molar-refractivity contribution in [2.45, 2.75) is 84.7 Å². The van der Waals surface area contributed by atoms with Crippen molar-refractivity contribution in [2.24, 2.45) is 0 Å². The summed E-state index contributed by atoms with van der Waals surface area (Å²) in [5, 5.41) is 0. The van der Waals surface area contributed by atoms with Crippen LogP contribution in [0.5, 0.6) is 0 Å². The summed E-state index contributed by atoms with van der Waals surface area (Å²) in [5.41, 5.74) is 2.07. The van der Waals surface area contributed by atoms with Crippen molar-refractivity contribution >= 4 is 0 Å². The molecule has 5 heteroatoms. The van der Waals surface area contributed by atoms with Crippen molar-refractivity contribution in [2.75, 3.05) is 13.2 Å². The largest absolute Gasteiger partial charge is 0.330 e. The molecule has 0 amide bonds. The number of halogens is 2. The number of benzene rings is 2. The molecular formula is C27H38F2O3. The number of hydrogen-bond donors (Lipinski definition) is 0. The van der Waals surface area contributed by atoms with Crippen molar-refractivity contribution in [3.63, 3.8) is 0 Å². The minimum Gasteiger partial charge on any atom is -0.330 e. The molecule has 0 spiro atoms. The Hall–Kier alpha value is -1.82. The van der Waals surface area contributed by atoms with Gasteiger partial charge in [-0.25, -0.2) is 8.78 Å². The van der Waals surface area contributed by atoms with E-state index in [0.717, 1.165) is 30.9 Å². The molecule has 0 aliphatic rings. The van der Waals surface area contributed by atoms with Gasteiger partial charge in [0.2, 0.25) is 0 Å². The molecule has 1 unspecified atom stereocenters. The van der Waals surface area contributed by atoms with E-state index in [0.29, 0.717) is 24.3 Å². The molecule has 0 saturated carbocycles. The van der Waals surface area contributed by atoms with Gasteiger partial charge in [0.25, 0.3) is 6.48 Å². The van der Waals surface area contributed by atoms with Gasteiger partial charge in [0.05, 0.1) is 6.10 Å². The molecule has 0 bridgehead atoms. The first-order valence-corrected chi connectivity index (χ1v) is 12.0. The third-order valence-corrected chi connectivity index (χ3v) is 5.48. The average molecular weight is 449 g/mol. The van der Waals surface area contributed by atoms with E-state index >= 15 is 0 Å². The van der Waals surface area contributed by atoms with E-state index in [1.54, 1.807) is 0 Å². The van der Waals surface area contributed by atoms with E-state index in [1.807, 2.05) is 38.1 Å². The molecule has 0 aliphatic heterocycles. The molecule has 2 aromatic rings. The summed E-state index contributed by atoms with van der Waals surface area (Å²) < 4.78 is 44.8. The zero-order chi connectivity index (χ0) is 23.2. The Labute approximate surface area is 192 Å². The highest BCUT2D eigenvalue weighted by atomic mass is 19.1. The Kier molecular flexibility index (Phi) is 12.5. The molecule has 0 heterocycles. The van der Waals surface area contributed by atoms with Crippen molar-refractivity contribution in [3.05, 3.63) is 59.7 Å². The third-order valence-electron chi connectivity index (χ3n) is 5.48.